The number of nitrogens with zero attached hydrogens (tertiary/aromatic N) is 1. The minimum absolute atomic E-state index is 0. The molecule has 19 heavy (non-hydrogen) atoms. The minimum Gasteiger partial charge on any atom is -0.336 e. The van der Waals surface area contributed by atoms with E-state index in [-0.39, 0.29) is 18.3 Å². The highest BCUT2D eigenvalue weighted by Crippen LogP contribution is 2.22. The van der Waals surface area contributed by atoms with E-state index in [2.05, 4.69) is 19.2 Å². The van der Waals surface area contributed by atoms with Gasteiger partial charge in [0, 0.05) is 30.1 Å². The lowest BCUT2D eigenvalue weighted by Crippen LogP contribution is -2.55. The van der Waals surface area contributed by atoms with Crippen molar-refractivity contribution in [2.75, 3.05) is 19.3 Å². The van der Waals surface area contributed by atoms with E-state index in [1.807, 2.05) is 35.4 Å². The van der Waals surface area contributed by atoms with Gasteiger partial charge in [0.25, 0.3) is 5.91 Å². The van der Waals surface area contributed by atoms with Crippen molar-refractivity contribution in [3.63, 3.8) is 0 Å². The van der Waals surface area contributed by atoms with Crippen molar-refractivity contribution in [2.45, 2.75) is 30.8 Å². The summed E-state index contributed by atoms with van der Waals surface area (Å²) >= 11 is 1.63. The molecule has 1 aromatic rings. The van der Waals surface area contributed by atoms with Gasteiger partial charge in [-0.05, 0) is 32.2 Å². The van der Waals surface area contributed by atoms with Crippen LogP contribution in [0.3, 0.4) is 0 Å². The molecule has 1 aliphatic heterocycles. The summed E-state index contributed by atoms with van der Waals surface area (Å²) < 4.78 is 0. The van der Waals surface area contributed by atoms with Gasteiger partial charge in [-0.1, -0.05) is 12.1 Å². The number of benzene rings is 1. The molecule has 3 nitrogen and oxygen atoms in total. The molecule has 1 N–H and O–H groups in total. The molecule has 0 saturated carbocycles. The third kappa shape index (κ3) is 3.88. The van der Waals surface area contributed by atoms with Crippen LogP contribution in [0.15, 0.2) is 29.2 Å². The first-order valence-electron chi connectivity index (χ1n) is 6.30. The van der Waals surface area contributed by atoms with Crippen LogP contribution in [0.25, 0.3) is 0 Å². The van der Waals surface area contributed by atoms with E-state index in [9.17, 15) is 4.79 Å². The van der Waals surface area contributed by atoms with Crippen LogP contribution >= 0.6 is 24.2 Å². The molecule has 0 aliphatic carbocycles. The normalized spacial score (nSPS) is 22.8. The maximum Gasteiger partial charge on any atom is 0.255 e. The predicted molar refractivity (Wildman–Crippen MR) is 83.4 cm³/mol. The van der Waals surface area contributed by atoms with Gasteiger partial charge < -0.3 is 10.2 Å². The topological polar surface area (TPSA) is 32.3 Å². The Morgan fingerprint density at radius 3 is 2.42 bits per heavy atom. The lowest BCUT2D eigenvalue weighted by atomic mass is 10.1. The number of amides is 1. The number of piperazine rings is 1. The second-order valence-corrected chi connectivity index (χ2v) is 5.73. The maximum absolute atomic E-state index is 12.6. The zero-order chi connectivity index (χ0) is 13.1. The second-order valence-electron chi connectivity index (χ2n) is 4.88. The summed E-state index contributed by atoms with van der Waals surface area (Å²) in [7, 11) is 0. The summed E-state index contributed by atoms with van der Waals surface area (Å²) in [6.07, 6.45) is 2.01. The van der Waals surface area contributed by atoms with Crippen molar-refractivity contribution in [3.8, 4) is 0 Å². The van der Waals surface area contributed by atoms with Crippen LogP contribution in [-0.2, 0) is 0 Å². The second kappa shape index (κ2) is 7.17. The van der Waals surface area contributed by atoms with E-state index in [0.717, 1.165) is 23.5 Å². The van der Waals surface area contributed by atoms with Gasteiger partial charge in [-0.3, -0.25) is 4.79 Å². The summed E-state index contributed by atoms with van der Waals surface area (Å²) in [6.45, 7) is 5.81. The fraction of sp³-hybridized carbons (Fsp3) is 0.500. The SMILES string of the molecule is CSc1ccccc1C(=O)N1CC(C)NC(C)C1.Cl. The van der Waals surface area contributed by atoms with Crippen LogP contribution in [0, 0.1) is 0 Å². The van der Waals surface area contributed by atoms with Gasteiger partial charge in [0.15, 0.2) is 0 Å². The Kier molecular flexibility index (Phi) is 6.17. The van der Waals surface area contributed by atoms with E-state index >= 15 is 0 Å². The Bertz CT molecular complexity index is 431. The standard InChI is InChI=1S/C14H20N2OS.ClH/c1-10-8-16(9-11(2)15-10)14(17)12-6-4-5-7-13(12)18-3;/h4-7,10-11,15H,8-9H2,1-3H3;1H. The highest BCUT2D eigenvalue weighted by molar-refractivity contribution is 7.98. The van der Waals surface area contributed by atoms with E-state index in [1.165, 1.54) is 0 Å². The van der Waals surface area contributed by atoms with E-state index < -0.39 is 0 Å². The number of carbonyl (C=O) groups excluding carboxylic acids is 1. The number of thioether (sulfide) groups is 1. The van der Waals surface area contributed by atoms with Crippen LogP contribution in [0.5, 0.6) is 0 Å². The Balaban J connectivity index is 0.00000180. The third-order valence-corrected chi connectivity index (χ3v) is 3.98. The number of nitrogens with one attached hydrogen (secondary N) is 1. The summed E-state index contributed by atoms with van der Waals surface area (Å²) in [5.41, 5.74) is 0.825. The Hall–Kier alpha value is -0.710. The molecule has 1 heterocycles. The molecule has 5 heteroatoms. The van der Waals surface area contributed by atoms with Crippen molar-refractivity contribution < 1.29 is 4.79 Å². The van der Waals surface area contributed by atoms with Crippen molar-refractivity contribution in [1.82, 2.24) is 10.2 Å². The van der Waals surface area contributed by atoms with Crippen LogP contribution in [-0.4, -0.2) is 42.2 Å². The smallest absolute Gasteiger partial charge is 0.255 e. The molecular weight excluding hydrogens is 280 g/mol. The first-order valence-corrected chi connectivity index (χ1v) is 7.52. The van der Waals surface area contributed by atoms with Crippen molar-refractivity contribution in [1.29, 1.82) is 0 Å². The van der Waals surface area contributed by atoms with Crippen LogP contribution < -0.4 is 5.32 Å². The first-order chi connectivity index (χ1) is 8.61. The molecule has 1 aromatic carbocycles. The molecular formula is C14H21ClN2OS. The van der Waals surface area contributed by atoms with Crippen LogP contribution in [0.1, 0.15) is 24.2 Å². The van der Waals surface area contributed by atoms with Crippen molar-refractivity contribution in [2.24, 2.45) is 0 Å². The number of carbonyl (C=O) groups is 1. The molecule has 0 bridgehead atoms. The van der Waals surface area contributed by atoms with Gasteiger partial charge in [-0.25, -0.2) is 0 Å². The fourth-order valence-electron chi connectivity index (χ4n) is 2.48. The minimum atomic E-state index is 0. The van der Waals surface area contributed by atoms with Gasteiger partial charge in [-0.15, -0.1) is 24.2 Å². The Labute approximate surface area is 125 Å². The molecule has 1 saturated heterocycles. The van der Waals surface area contributed by atoms with Crippen LogP contribution in [0.4, 0.5) is 0 Å². The molecule has 2 atom stereocenters. The number of rotatable bonds is 2. The average molecular weight is 301 g/mol. The number of hydrogen-bond donors (Lipinski definition) is 1. The van der Waals surface area contributed by atoms with Crippen LogP contribution in [0.2, 0.25) is 0 Å². The zero-order valence-corrected chi connectivity index (χ0v) is 13.2. The molecule has 106 valence electrons. The molecule has 1 aliphatic rings. The molecule has 0 radical (unpaired) electrons. The lowest BCUT2D eigenvalue weighted by Gasteiger charge is -2.36. The fourth-order valence-corrected chi connectivity index (χ4v) is 3.07. The third-order valence-electron chi connectivity index (χ3n) is 3.18. The Morgan fingerprint density at radius 2 is 1.84 bits per heavy atom. The zero-order valence-electron chi connectivity index (χ0n) is 11.6. The van der Waals surface area contributed by atoms with E-state index in [1.54, 1.807) is 11.8 Å². The van der Waals surface area contributed by atoms with Gasteiger partial charge in [0.05, 0.1) is 5.56 Å². The molecule has 0 spiro atoms. The predicted octanol–water partition coefficient (Wildman–Crippen LogP) is 2.65. The number of hydrogen-bond acceptors (Lipinski definition) is 3. The first kappa shape index (κ1) is 16.3. The van der Waals surface area contributed by atoms with E-state index in [4.69, 9.17) is 0 Å². The van der Waals surface area contributed by atoms with Gasteiger partial charge in [0.2, 0.25) is 0 Å². The molecule has 2 rings (SSSR count). The maximum atomic E-state index is 12.6. The molecule has 1 amide bonds. The molecule has 1 fully saturated rings. The molecule has 2 unspecified atom stereocenters. The summed E-state index contributed by atoms with van der Waals surface area (Å²) in [5.74, 6) is 0.153. The molecule has 0 aromatic heterocycles. The van der Waals surface area contributed by atoms with Gasteiger partial charge in [0.1, 0.15) is 0 Å². The van der Waals surface area contributed by atoms with Crippen molar-refractivity contribution >= 4 is 30.1 Å². The van der Waals surface area contributed by atoms with Gasteiger partial charge in [-0.2, -0.15) is 0 Å². The lowest BCUT2D eigenvalue weighted by molar-refractivity contribution is 0.0670. The van der Waals surface area contributed by atoms with E-state index in [0.29, 0.717) is 12.1 Å². The average Bonchev–Trinajstić information content (AvgIpc) is 2.36. The highest BCUT2D eigenvalue weighted by Gasteiger charge is 2.26. The highest BCUT2D eigenvalue weighted by atomic mass is 35.5. The van der Waals surface area contributed by atoms with Crippen molar-refractivity contribution in [3.05, 3.63) is 29.8 Å². The Morgan fingerprint density at radius 1 is 1.26 bits per heavy atom. The quantitative estimate of drug-likeness (QED) is 0.852. The summed E-state index contributed by atoms with van der Waals surface area (Å²) in [4.78, 5) is 15.6. The monoisotopic (exact) mass is 300 g/mol. The largest absolute Gasteiger partial charge is 0.336 e. The summed E-state index contributed by atoms with van der Waals surface area (Å²) in [6, 6.07) is 8.56. The summed E-state index contributed by atoms with van der Waals surface area (Å²) in [5, 5.41) is 3.44. The van der Waals surface area contributed by atoms with Gasteiger partial charge >= 0.3 is 0 Å². The number of halogens is 1.